The molecule has 0 unspecified atom stereocenters. The molecule has 1 aliphatic carbocycles. The summed E-state index contributed by atoms with van der Waals surface area (Å²) in [6, 6.07) is 42.0. The molecule has 1 aliphatic heterocycles. The largest absolute Gasteiger partial charge is 0.356 e. The van der Waals surface area contributed by atoms with Gasteiger partial charge in [-0.1, -0.05) is 94.4 Å². The third kappa shape index (κ3) is 3.26. The van der Waals surface area contributed by atoms with Gasteiger partial charge in [-0.25, -0.2) is 0 Å². The first-order chi connectivity index (χ1) is 18.4. The van der Waals surface area contributed by atoms with Crippen LogP contribution in [0.2, 0.25) is 0 Å². The van der Waals surface area contributed by atoms with Gasteiger partial charge in [0, 0.05) is 27.9 Å². The summed E-state index contributed by atoms with van der Waals surface area (Å²) in [4.78, 5) is 2.40. The van der Waals surface area contributed by atoms with E-state index in [1.165, 1.54) is 44.8 Å². The summed E-state index contributed by atoms with van der Waals surface area (Å²) in [5.74, 6) is 0. The van der Waals surface area contributed by atoms with E-state index < -0.39 is 0 Å². The van der Waals surface area contributed by atoms with Crippen LogP contribution in [0.1, 0.15) is 49.9 Å². The molecule has 1 heterocycles. The molecule has 5 aromatic rings. The molecule has 0 spiro atoms. The van der Waals surface area contributed by atoms with Gasteiger partial charge in [0.1, 0.15) is 0 Å². The minimum atomic E-state index is -0.0494. The highest BCUT2D eigenvalue weighted by atomic mass is 15.2. The average molecular weight is 493 g/mol. The van der Waals surface area contributed by atoms with Gasteiger partial charge < -0.3 is 10.2 Å². The van der Waals surface area contributed by atoms with E-state index in [4.69, 9.17) is 0 Å². The third-order valence-corrected chi connectivity index (χ3v) is 8.63. The van der Waals surface area contributed by atoms with Gasteiger partial charge in [0.05, 0.1) is 11.4 Å². The number of hydrogen-bond acceptors (Lipinski definition) is 2. The van der Waals surface area contributed by atoms with Gasteiger partial charge in [0.25, 0.3) is 0 Å². The van der Waals surface area contributed by atoms with E-state index in [1.807, 2.05) is 0 Å². The van der Waals surface area contributed by atoms with E-state index in [1.54, 1.807) is 0 Å². The van der Waals surface area contributed by atoms with E-state index in [0.717, 1.165) is 17.1 Å². The van der Waals surface area contributed by atoms with Crippen molar-refractivity contribution in [2.75, 3.05) is 10.2 Å². The number of nitrogens with one attached hydrogen (secondary N) is 1. The molecule has 0 saturated heterocycles. The zero-order valence-electron chi connectivity index (χ0n) is 22.4. The lowest BCUT2D eigenvalue weighted by atomic mass is 9.73. The van der Waals surface area contributed by atoms with Crippen molar-refractivity contribution in [1.29, 1.82) is 0 Å². The molecule has 186 valence electrons. The molecular weight excluding hydrogens is 460 g/mol. The molecule has 2 heteroatoms. The van der Waals surface area contributed by atoms with Gasteiger partial charge in [-0.3, -0.25) is 0 Å². The molecule has 7 rings (SSSR count). The fourth-order valence-corrected chi connectivity index (χ4v) is 6.59. The summed E-state index contributed by atoms with van der Waals surface area (Å²) in [7, 11) is 0. The summed E-state index contributed by atoms with van der Waals surface area (Å²) in [5.41, 5.74) is 14.0. The lowest BCUT2D eigenvalue weighted by Crippen LogP contribution is -2.30. The molecule has 0 saturated carbocycles. The molecule has 0 bridgehead atoms. The fourth-order valence-electron chi connectivity index (χ4n) is 6.59. The van der Waals surface area contributed by atoms with Crippen molar-refractivity contribution in [1.82, 2.24) is 0 Å². The van der Waals surface area contributed by atoms with Crippen molar-refractivity contribution in [2.45, 2.75) is 38.5 Å². The van der Waals surface area contributed by atoms with Crippen LogP contribution in [0.4, 0.5) is 28.4 Å². The Balaban J connectivity index is 1.22. The van der Waals surface area contributed by atoms with E-state index >= 15 is 0 Å². The van der Waals surface area contributed by atoms with Crippen LogP contribution >= 0.6 is 0 Å². The molecule has 2 aliphatic rings. The predicted octanol–water partition coefficient (Wildman–Crippen LogP) is 9.85. The van der Waals surface area contributed by atoms with Gasteiger partial charge in [0.2, 0.25) is 0 Å². The third-order valence-electron chi connectivity index (χ3n) is 8.63. The van der Waals surface area contributed by atoms with Gasteiger partial charge in [-0.05, 0) is 81.9 Å². The van der Waals surface area contributed by atoms with Crippen molar-refractivity contribution < 1.29 is 0 Å². The average Bonchev–Trinajstić information content (AvgIpc) is 3.16. The van der Waals surface area contributed by atoms with Crippen LogP contribution in [0.25, 0.3) is 11.1 Å². The van der Waals surface area contributed by atoms with Crippen molar-refractivity contribution in [3.05, 3.63) is 138 Å². The van der Waals surface area contributed by atoms with E-state index in [2.05, 4.69) is 153 Å². The SMILES string of the molecule is CC1(C)c2ccccc2-c2ccc(Nc3ccc(N4c5ccccc5C(C)(C)c5ccccc54)cc3)cc21. The Bertz CT molecular complexity index is 1640. The molecule has 0 radical (unpaired) electrons. The molecule has 38 heavy (non-hydrogen) atoms. The van der Waals surface area contributed by atoms with E-state index in [9.17, 15) is 0 Å². The highest BCUT2D eigenvalue weighted by molar-refractivity contribution is 5.87. The Morgan fingerprint density at radius 1 is 0.474 bits per heavy atom. The first-order valence-corrected chi connectivity index (χ1v) is 13.5. The summed E-state index contributed by atoms with van der Waals surface area (Å²) < 4.78 is 0. The van der Waals surface area contributed by atoms with Crippen molar-refractivity contribution in [3.63, 3.8) is 0 Å². The Hall–Kier alpha value is -4.30. The fraction of sp³-hybridized carbons (Fsp3) is 0.167. The van der Waals surface area contributed by atoms with E-state index in [0.29, 0.717) is 0 Å². The summed E-state index contributed by atoms with van der Waals surface area (Å²) in [6.07, 6.45) is 0. The van der Waals surface area contributed by atoms with Crippen LogP contribution in [0.15, 0.2) is 115 Å². The lowest BCUT2D eigenvalue weighted by molar-refractivity contribution is 0.632. The van der Waals surface area contributed by atoms with Crippen LogP contribution < -0.4 is 10.2 Å². The molecule has 0 aromatic heterocycles. The maximum Gasteiger partial charge on any atom is 0.0502 e. The van der Waals surface area contributed by atoms with Gasteiger partial charge in [0.15, 0.2) is 0 Å². The number of rotatable bonds is 3. The van der Waals surface area contributed by atoms with Crippen molar-refractivity contribution in [3.8, 4) is 11.1 Å². The van der Waals surface area contributed by atoms with Crippen LogP contribution in [0, 0.1) is 0 Å². The molecule has 5 aromatic carbocycles. The summed E-state index contributed by atoms with van der Waals surface area (Å²) >= 11 is 0. The quantitative estimate of drug-likeness (QED) is 0.270. The number of nitrogens with zero attached hydrogens (tertiary/aromatic N) is 1. The second-order valence-corrected chi connectivity index (χ2v) is 11.6. The van der Waals surface area contributed by atoms with Crippen molar-refractivity contribution >= 4 is 28.4 Å². The zero-order valence-corrected chi connectivity index (χ0v) is 22.4. The number of fused-ring (bicyclic) bond motifs is 5. The molecule has 2 nitrogen and oxygen atoms in total. The summed E-state index contributed by atoms with van der Waals surface area (Å²) in [6.45, 7) is 9.30. The molecular formula is C36H32N2. The summed E-state index contributed by atoms with van der Waals surface area (Å²) in [5, 5.41) is 3.66. The number of anilines is 5. The monoisotopic (exact) mass is 492 g/mol. The second kappa shape index (κ2) is 8.10. The lowest BCUT2D eigenvalue weighted by Gasteiger charge is -2.42. The number of para-hydroxylation sites is 2. The smallest absolute Gasteiger partial charge is 0.0502 e. The van der Waals surface area contributed by atoms with Crippen LogP contribution in [-0.4, -0.2) is 0 Å². The Morgan fingerprint density at radius 2 is 0.974 bits per heavy atom. The first-order valence-electron chi connectivity index (χ1n) is 13.5. The second-order valence-electron chi connectivity index (χ2n) is 11.6. The van der Waals surface area contributed by atoms with Gasteiger partial charge in [-0.15, -0.1) is 0 Å². The van der Waals surface area contributed by atoms with E-state index in [-0.39, 0.29) is 10.8 Å². The highest BCUT2D eigenvalue weighted by Gasteiger charge is 2.37. The number of benzene rings is 5. The normalized spacial score (nSPS) is 15.7. The minimum absolute atomic E-state index is 0.00368. The highest BCUT2D eigenvalue weighted by Crippen LogP contribution is 2.52. The standard InChI is InChI=1S/C36H32N2/c1-35(2)29-12-6-5-11-27(29)28-22-19-25(23-32(28)35)37-24-17-20-26(21-18-24)38-33-15-9-7-13-30(33)36(3,4)31-14-8-10-16-34(31)38/h5-23,37H,1-4H3. The maximum absolute atomic E-state index is 3.66. The molecule has 0 atom stereocenters. The van der Waals surface area contributed by atoms with Crippen LogP contribution in [0.5, 0.6) is 0 Å². The molecule has 0 fully saturated rings. The predicted molar refractivity (Wildman–Crippen MR) is 161 cm³/mol. The molecule has 1 N–H and O–H groups in total. The van der Waals surface area contributed by atoms with Crippen LogP contribution in [-0.2, 0) is 10.8 Å². The topological polar surface area (TPSA) is 15.3 Å². The number of hydrogen-bond donors (Lipinski definition) is 1. The minimum Gasteiger partial charge on any atom is -0.356 e. The molecule has 0 amide bonds. The Labute approximate surface area is 225 Å². The maximum atomic E-state index is 3.66. The van der Waals surface area contributed by atoms with Crippen LogP contribution in [0.3, 0.4) is 0 Å². The van der Waals surface area contributed by atoms with Crippen molar-refractivity contribution in [2.24, 2.45) is 0 Å². The zero-order chi connectivity index (χ0) is 26.1. The first kappa shape index (κ1) is 22.9. The van der Waals surface area contributed by atoms with Gasteiger partial charge >= 0.3 is 0 Å². The Kier molecular flexibility index (Phi) is 4.87. The Morgan fingerprint density at radius 3 is 1.63 bits per heavy atom. The van der Waals surface area contributed by atoms with Gasteiger partial charge in [-0.2, -0.15) is 0 Å².